The Hall–Kier alpha value is -2.88. The molecule has 0 unspecified atom stereocenters. The van der Waals surface area contributed by atoms with Crippen LogP contribution in [0.1, 0.15) is 34.5 Å². The number of nitrogens with two attached hydrogens (primary N) is 1. The number of benzene rings is 1. The topological polar surface area (TPSA) is 84.5 Å². The van der Waals surface area contributed by atoms with Crippen LogP contribution in [0.4, 0.5) is 18.0 Å². The Morgan fingerprint density at radius 1 is 1.16 bits per heavy atom. The normalized spacial score (nSPS) is 23.4. The number of hydrogen-bond acceptors (Lipinski definition) is 4. The first-order valence-electron chi connectivity index (χ1n) is 10.1. The lowest BCUT2D eigenvalue weighted by Crippen LogP contribution is -2.36. The first kappa shape index (κ1) is 21.4. The van der Waals surface area contributed by atoms with Crippen LogP contribution in [0.3, 0.4) is 0 Å². The van der Waals surface area contributed by atoms with Gasteiger partial charge in [0, 0.05) is 31.9 Å². The zero-order valence-corrected chi connectivity index (χ0v) is 17.0. The van der Waals surface area contributed by atoms with E-state index in [-0.39, 0.29) is 29.9 Å². The van der Waals surface area contributed by atoms with Crippen molar-refractivity contribution < 1.29 is 22.8 Å². The fraction of sp³-hybridized carbons (Fsp3) is 0.476. The SMILES string of the molecule is CN(Cc1ccccc1C(F)(F)F)[C@@H]1C[C@@H]2CN(C(=O)n3ccc(C(N)=O)n3)C[C@@H]2C1. The van der Waals surface area contributed by atoms with Gasteiger partial charge in [-0.3, -0.25) is 9.69 Å². The second-order valence-corrected chi connectivity index (χ2v) is 8.41. The molecule has 1 aliphatic heterocycles. The lowest BCUT2D eigenvalue weighted by atomic mass is 10.0. The molecule has 1 aromatic heterocycles. The van der Waals surface area contributed by atoms with Crippen molar-refractivity contribution in [3.05, 3.63) is 53.3 Å². The molecule has 2 amide bonds. The molecule has 1 aliphatic carbocycles. The predicted molar refractivity (Wildman–Crippen MR) is 106 cm³/mol. The summed E-state index contributed by atoms with van der Waals surface area (Å²) in [5.74, 6) is -0.108. The monoisotopic (exact) mass is 435 g/mol. The van der Waals surface area contributed by atoms with Crippen molar-refractivity contribution >= 4 is 11.9 Å². The summed E-state index contributed by atoms with van der Waals surface area (Å²) in [5, 5.41) is 3.92. The quantitative estimate of drug-likeness (QED) is 0.801. The number of amides is 2. The molecule has 1 aromatic carbocycles. The number of likely N-dealkylation sites (tertiary alicyclic amines) is 1. The maximum Gasteiger partial charge on any atom is 0.416 e. The summed E-state index contributed by atoms with van der Waals surface area (Å²) in [4.78, 5) is 27.5. The first-order chi connectivity index (χ1) is 14.6. The number of rotatable bonds is 4. The van der Waals surface area contributed by atoms with Crippen molar-refractivity contribution in [1.82, 2.24) is 19.6 Å². The van der Waals surface area contributed by atoms with Gasteiger partial charge in [0.25, 0.3) is 5.91 Å². The standard InChI is InChI=1S/C21H24F3N5O2/c1-27(10-13-4-2-3-5-17(13)21(22,23)24)16-8-14-11-28(12-15(14)9-16)20(31)29-7-6-18(26-29)19(25)30/h2-7,14-16H,8-12H2,1H3,(H2,25,30)/t14-,15+,16-. The van der Waals surface area contributed by atoms with E-state index in [1.54, 1.807) is 11.0 Å². The molecule has 31 heavy (non-hydrogen) atoms. The summed E-state index contributed by atoms with van der Waals surface area (Å²) in [6.45, 7) is 1.36. The van der Waals surface area contributed by atoms with Crippen molar-refractivity contribution in [1.29, 1.82) is 0 Å². The summed E-state index contributed by atoms with van der Waals surface area (Å²) in [5.41, 5.74) is 4.90. The van der Waals surface area contributed by atoms with E-state index in [0.717, 1.165) is 23.6 Å². The van der Waals surface area contributed by atoms with E-state index in [4.69, 9.17) is 5.73 Å². The van der Waals surface area contributed by atoms with Gasteiger partial charge in [0.2, 0.25) is 0 Å². The average molecular weight is 435 g/mol. The minimum atomic E-state index is -4.37. The van der Waals surface area contributed by atoms with Crippen molar-refractivity contribution in [3.63, 3.8) is 0 Å². The van der Waals surface area contributed by atoms with E-state index < -0.39 is 17.6 Å². The Morgan fingerprint density at radius 2 is 1.81 bits per heavy atom. The van der Waals surface area contributed by atoms with E-state index in [2.05, 4.69) is 5.10 Å². The minimum absolute atomic E-state index is 0.0357. The zero-order valence-electron chi connectivity index (χ0n) is 17.0. The lowest BCUT2D eigenvalue weighted by molar-refractivity contribution is -0.138. The molecule has 0 bridgehead atoms. The first-order valence-corrected chi connectivity index (χ1v) is 10.1. The van der Waals surface area contributed by atoms with Gasteiger partial charge in [0.15, 0.2) is 5.69 Å². The Bertz CT molecular complexity index is 975. The van der Waals surface area contributed by atoms with Crippen molar-refractivity contribution in [2.45, 2.75) is 31.6 Å². The molecule has 1 saturated carbocycles. The van der Waals surface area contributed by atoms with Crippen molar-refractivity contribution in [3.8, 4) is 0 Å². The Morgan fingerprint density at radius 3 is 2.39 bits per heavy atom. The Balaban J connectivity index is 1.36. The Labute approximate surface area is 177 Å². The van der Waals surface area contributed by atoms with E-state index in [1.165, 1.54) is 24.4 Å². The van der Waals surface area contributed by atoms with Gasteiger partial charge >= 0.3 is 12.2 Å². The number of alkyl halides is 3. The summed E-state index contributed by atoms with van der Waals surface area (Å²) in [7, 11) is 1.86. The molecule has 3 atom stereocenters. The van der Waals surface area contributed by atoms with E-state index in [0.29, 0.717) is 24.9 Å². The van der Waals surface area contributed by atoms with Gasteiger partial charge in [-0.2, -0.15) is 23.0 Å². The molecular formula is C21H24F3N5O2. The predicted octanol–water partition coefficient (Wildman–Crippen LogP) is 2.81. The summed E-state index contributed by atoms with van der Waals surface area (Å²) >= 11 is 0. The molecule has 166 valence electrons. The van der Waals surface area contributed by atoms with Crippen LogP contribution >= 0.6 is 0 Å². The van der Waals surface area contributed by atoms with Crippen molar-refractivity contribution in [2.75, 3.05) is 20.1 Å². The molecule has 2 aromatic rings. The molecular weight excluding hydrogens is 411 g/mol. The number of carbonyl (C=O) groups excluding carboxylic acids is 2. The molecule has 2 heterocycles. The van der Waals surface area contributed by atoms with Gasteiger partial charge in [0.1, 0.15) is 0 Å². The fourth-order valence-electron chi connectivity index (χ4n) is 4.82. The summed E-state index contributed by atoms with van der Waals surface area (Å²) in [6, 6.07) is 6.95. The molecule has 2 aliphatic rings. The van der Waals surface area contributed by atoms with Crippen molar-refractivity contribution in [2.24, 2.45) is 17.6 Å². The van der Waals surface area contributed by atoms with Gasteiger partial charge in [0.05, 0.1) is 5.56 Å². The maximum atomic E-state index is 13.3. The van der Waals surface area contributed by atoms with Crippen LogP contribution in [0, 0.1) is 11.8 Å². The molecule has 10 heteroatoms. The molecule has 2 fully saturated rings. The van der Waals surface area contributed by atoms with Crippen LogP contribution in [0.2, 0.25) is 0 Å². The van der Waals surface area contributed by atoms with Crippen LogP contribution in [0.15, 0.2) is 36.5 Å². The number of carbonyl (C=O) groups is 2. The van der Waals surface area contributed by atoms with E-state index in [1.807, 2.05) is 11.9 Å². The maximum absolute atomic E-state index is 13.3. The number of aromatic nitrogens is 2. The van der Waals surface area contributed by atoms with Crippen LogP contribution < -0.4 is 5.73 Å². The molecule has 4 rings (SSSR count). The Kier molecular flexibility index (Phi) is 5.50. The number of nitrogens with zero attached hydrogens (tertiary/aromatic N) is 4. The summed E-state index contributed by atoms with van der Waals surface area (Å²) < 4.78 is 41.0. The van der Waals surface area contributed by atoms with Gasteiger partial charge in [-0.05, 0) is 49.4 Å². The van der Waals surface area contributed by atoms with Gasteiger partial charge in [-0.1, -0.05) is 18.2 Å². The smallest absolute Gasteiger partial charge is 0.364 e. The molecule has 1 saturated heterocycles. The van der Waals surface area contributed by atoms with Crippen LogP contribution in [0.5, 0.6) is 0 Å². The van der Waals surface area contributed by atoms with E-state index >= 15 is 0 Å². The summed E-state index contributed by atoms with van der Waals surface area (Å²) in [6.07, 6.45) is -1.30. The lowest BCUT2D eigenvalue weighted by Gasteiger charge is -2.27. The third-order valence-electron chi connectivity index (χ3n) is 6.40. The largest absolute Gasteiger partial charge is 0.416 e. The van der Waals surface area contributed by atoms with Gasteiger partial charge in [-0.15, -0.1) is 0 Å². The zero-order chi connectivity index (χ0) is 22.3. The number of primary amides is 1. The highest BCUT2D eigenvalue weighted by molar-refractivity contribution is 5.91. The second-order valence-electron chi connectivity index (χ2n) is 8.41. The van der Waals surface area contributed by atoms with Gasteiger partial charge in [-0.25, -0.2) is 4.79 Å². The highest BCUT2D eigenvalue weighted by Crippen LogP contribution is 2.41. The number of fused-ring (bicyclic) bond motifs is 1. The number of halogens is 3. The average Bonchev–Trinajstić information content (AvgIpc) is 3.41. The van der Waals surface area contributed by atoms with Gasteiger partial charge < -0.3 is 10.6 Å². The fourth-order valence-corrected chi connectivity index (χ4v) is 4.82. The minimum Gasteiger partial charge on any atom is -0.364 e. The molecule has 0 radical (unpaired) electrons. The highest BCUT2D eigenvalue weighted by atomic mass is 19.4. The number of hydrogen-bond donors (Lipinski definition) is 1. The molecule has 0 spiro atoms. The van der Waals surface area contributed by atoms with Crippen LogP contribution in [-0.2, 0) is 12.7 Å². The van der Waals surface area contributed by atoms with Crippen LogP contribution in [-0.4, -0.2) is 57.7 Å². The molecule has 7 nitrogen and oxygen atoms in total. The second kappa shape index (κ2) is 7.99. The van der Waals surface area contributed by atoms with E-state index in [9.17, 15) is 22.8 Å². The highest BCUT2D eigenvalue weighted by Gasteiger charge is 2.44. The third kappa shape index (κ3) is 4.30. The molecule has 2 N–H and O–H groups in total. The van der Waals surface area contributed by atoms with Crippen LogP contribution in [0.25, 0.3) is 0 Å². The third-order valence-corrected chi connectivity index (χ3v) is 6.40.